The van der Waals surface area contributed by atoms with E-state index in [4.69, 9.17) is 9.47 Å². The summed E-state index contributed by atoms with van der Waals surface area (Å²) in [6.07, 6.45) is 0.791. The SMILES string of the molecule is COc1ccc(C2=C(C)C[C@@H](c3ccccc3)NC2=O)cc1OC. The Labute approximate surface area is 142 Å². The Hall–Kier alpha value is -2.75. The van der Waals surface area contributed by atoms with Crippen LogP contribution in [0.4, 0.5) is 0 Å². The van der Waals surface area contributed by atoms with Gasteiger partial charge in [0.2, 0.25) is 0 Å². The minimum absolute atomic E-state index is 0.0163. The van der Waals surface area contributed by atoms with E-state index in [1.807, 2.05) is 55.5 Å². The summed E-state index contributed by atoms with van der Waals surface area (Å²) in [6.45, 7) is 2.01. The molecule has 1 heterocycles. The summed E-state index contributed by atoms with van der Waals surface area (Å²) >= 11 is 0. The van der Waals surface area contributed by atoms with E-state index in [0.717, 1.165) is 23.1 Å². The van der Waals surface area contributed by atoms with Gasteiger partial charge in [-0.3, -0.25) is 4.79 Å². The van der Waals surface area contributed by atoms with E-state index >= 15 is 0 Å². The Morgan fingerprint density at radius 1 is 1.00 bits per heavy atom. The van der Waals surface area contributed by atoms with Crippen molar-refractivity contribution in [2.24, 2.45) is 0 Å². The first kappa shape index (κ1) is 16.1. The minimum Gasteiger partial charge on any atom is -0.493 e. The van der Waals surface area contributed by atoms with Crippen LogP contribution < -0.4 is 14.8 Å². The number of hydrogen-bond donors (Lipinski definition) is 1. The van der Waals surface area contributed by atoms with Crippen LogP contribution in [0.2, 0.25) is 0 Å². The third kappa shape index (κ3) is 3.00. The first-order chi connectivity index (χ1) is 11.6. The topological polar surface area (TPSA) is 47.6 Å². The molecule has 1 amide bonds. The van der Waals surface area contributed by atoms with Gasteiger partial charge in [-0.15, -0.1) is 0 Å². The maximum Gasteiger partial charge on any atom is 0.252 e. The molecule has 0 spiro atoms. The van der Waals surface area contributed by atoms with Crippen molar-refractivity contribution in [2.45, 2.75) is 19.4 Å². The second-order valence-corrected chi connectivity index (χ2v) is 5.87. The van der Waals surface area contributed by atoms with E-state index in [1.54, 1.807) is 14.2 Å². The molecule has 4 heteroatoms. The first-order valence-electron chi connectivity index (χ1n) is 7.92. The van der Waals surface area contributed by atoms with Crippen LogP contribution in [-0.4, -0.2) is 20.1 Å². The van der Waals surface area contributed by atoms with Gasteiger partial charge in [-0.2, -0.15) is 0 Å². The second kappa shape index (κ2) is 6.79. The van der Waals surface area contributed by atoms with Crippen molar-refractivity contribution in [1.29, 1.82) is 0 Å². The summed E-state index contributed by atoms with van der Waals surface area (Å²) in [5, 5.41) is 3.11. The molecule has 0 aromatic heterocycles. The molecule has 0 saturated heterocycles. The predicted molar refractivity (Wildman–Crippen MR) is 94.1 cm³/mol. The number of rotatable bonds is 4. The predicted octanol–water partition coefficient (Wildman–Crippen LogP) is 3.74. The number of amides is 1. The fourth-order valence-corrected chi connectivity index (χ4v) is 3.14. The largest absolute Gasteiger partial charge is 0.493 e. The van der Waals surface area contributed by atoms with Gasteiger partial charge in [0, 0.05) is 5.57 Å². The summed E-state index contributed by atoms with van der Waals surface area (Å²) in [7, 11) is 3.19. The lowest BCUT2D eigenvalue weighted by Crippen LogP contribution is -2.33. The number of methoxy groups -OCH3 is 2. The Kier molecular flexibility index (Phi) is 4.56. The van der Waals surface area contributed by atoms with Gasteiger partial charge in [0.15, 0.2) is 11.5 Å². The Morgan fingerprint density at radius 2 is 1.71 bits per heavy atom. The third-order valence-electron chi connectivity index (χ3n) is 4.34. The summed E-state index contributed by atoms with van der Waals surface area (Å²) < 4.78 is 10.6. The van der Waals surface area contributed by atoms with Crippen LogP contribution in [0.5, 0.6) is 11.5 Å². The zero-order valence-electron chi connectivity index (χ0n) is 14.1. The van der Waals surface area contributed by atoms with E-state index in [9.17, 15) is 4.79 Å². The highest BCUT2D eigenvalue weighted by molar-refractivity contribution is 6.21. The Bertz CT molecular complexity index is 781. The molecule has 1 N–H and O–H groups in total. The van der Waals surface area contributed by atoms with Crippen LogP contribution in [0.25, 0.3) is 5.57 Å². The van der Waals surface area contributed by atoms with Gasteiger partial charge in [-0.1, -0.05) is 42.0 Å². The van der Waals surface area contributed by atoms with Crippen LogP contribution in [0.1, 0.15) is 30.5 Å². The molecule has 24 heavy (non-hydrogen) atoms. The Balaban J connectivity index is 1.95. The highest BCUT2D eigenvalue weighted by atomic mass is 16.5. The maximum atomic E-state index is 12.7. The average molecular weight is 323 g/mol. The van der Waals surface area contributed by atoms with Crippen LogP contribution in [-0.2, 0) is 4.79 Å². The molecule has 1 atom stereocenters. The molecular weight excluding hydrogens is 302 g/mol. The van der Waals surface area contributed by atoms with Gasteiger partial charge < -0.3 is 14.8 Å². The fraction of sp³-hybridized carbons (Fsp3) is 0.250. The van der Waals surface area contributed by atoms with Crippen molar-refractivity contribution in [3.8, 4) is 11.5 Å². The zero-order chi connectivity index (χ0) is 17.1. The summed E-state index contributed by atoms with van der Waals surface area (Å²) in [6, 6.07) is 15.6. The maximum absolute atomic E-state index is 12.7. The van der Waals surface area contributed by atoms with Crippen molar-refractivity contribution < 1.29 is 14.3 Å². The van der Waals surface area contributed by atoms with Crippen LogP contribution in [0, 0.1) is 0 Å². The van der Waals surface area contributed by atoms with Crippen molar-refractivity contribution in [3.63, 3.8) is 0 Å². The molecule has 3 rings (SSSR count). The lowest BCUT2D eigenvalue weighted by molar-refractivity contribution is -0.116. The fourth-order valence-electron chi connectivity index (χ4n) is 3.14. The number of nitrogens with one attached hydrogen (secondary N) is 1. The average Bonchev–Trinajstić information content (AvgIpc) is 2.61. The Morgan fingerprint density at radius 3 is 2.33 bits per heavy atom. The lowest BCUT2D eigenvalue weighted by atomic mass is 9.89. The number of hydrogen-bond acceptors (Lipinski definition) is 3. The molecule has 0 aliphatic carbocycles. The van der Waals surface area contributed by atoms with E-state index in [1.165, 1.54) is 0 Å². The second-order valence-electron chi connectivity index (χ2n) is 5.87. The molecule has 1 aliphatic rings. The zero-order valence-corrected chi connectivity index (χ0v) is 14.1. The van der Waals surface area contributed by atoms with Crippen molar-refractivity contribution >= 4 is 11.5 Å². The van der Waals surface area contributed by atoms with E-state index in [2.05, 4.69) is 5.32 Å². The number of carbonyl (C=O) groups is 1. The number of benzene rings is 2. The van der Waals surface area contributed by atoms with Gasteiger partial charge in [-0.05, 0) is 36.6 Å². The molecule has 0 unspecified atom stereocenters. The van der Waals surface area contributed by atoms with Crippen LogP contribution in [0.15, 0.2) is 54.1 Å². The van der Waals surface area contributed by atoms with Gasteiger partial charge in [0.25, 0.3) is 5.91 Å². The summed E-state index contributed by atoms with van der Waals surface area (Å²) in [4.78, 5) is 12.7. The molecule has 124 valence electrons. The van der Waals surface area contributed by atoms with Gasteiger partial charge >= 0.3 is 0 Å². The summed E-state index contributed by atoms with van der Waals surface area (Å²) in [5.41, 5.74) is 3.74. The van der Waals surface area contributed by atoms with E-state index in [-0.39, 0.29) is 11.9 Å². The van der Waals surface area contributed by atoms with Crippen molar-refractivity contribution in [3.05, 3.63) is 65.2 Å². The normalized spacial score (nSPS) is 17.5. The molecule has 0 saturated carbocycles. The van der Waals surface area contributed by atoms with Gasteiger partial charge in [-0.25, -0.2) is 0 Å². The lowest BCUT2D eigenvalue weighted by Gasteiger charge is -2.27. The molecule has 4 nitrogen and oxygen atoms in total. The van der Waals surface area contributed by atoms with Gasteiger partial charge in [0.05, 0.1) is 20.3 Å². The van der Waals surface area contributed by atoms with E-state index in [0.29, 0.717) is 17.1 Å². The quantitative estimate of drug-likeness (QED) is 0.932. The molecule has 2 aromatic rings. The summed E-state index contributed by atoms with van der Waals surface area (Å²) in [5.74, 6) is 1.21. The molecule has 0 bridgehead atoms. The molecule has 2 aromatic carbocycles. The standard InChI is InChI=1S/C20H21NO3/c1-13-11-16(14-7-5-4-6-8-14)21-20(22)19(13)15-9-10-17(23-2)18(12-15)24-3/h4-10,12,16H,11H2,1-3H3,(H,21,22)/t16-/m0/s1. The molecule has 0 radical (unpaired) electrons. The molecule has 0 fully saturated rings. The van der Waals surface area contributed by atoms with Crippen LogP contribution in [0.3, 0.4) is 0 Å². The van der Waals surface area contributed by atoms with Crippen molar-refractivity contribution in [2.75, 3.05) is 14.2 Å². The van der Waals surface area contributed by atoms with E-state index < -0.39 is 0 Å². The smallest absolute Gasteiger partial charge is 0.252 e. The third-order valence-corrected chi connectivity index (χ3v) is 4.34. The minimum atomic E-state index is -0.0557. The van der Waals surface area contributed by atoms with Crippen LogP contribution >= 0.6 is 0 Å². The van der Waals surface area contributed by atoms with Gasteiger partial charge in [0.1, 0.15) is 0 Å². The monoisotopic (exact) mass is 323 g/mol. The number of ether oxygens (including phenoxy) is 2. The number of carbonyl (C=O) groups excluding carboxylic acids is 1. The highest BCUT2D eigenvalue weighted by Crippen LogP contribution is 2.36. The molecular formula is C20H21NO3. The molecule has 1 aliphatic heterocycles. The first-order valence-corrected chi connectivity index (χ1v) is 7.92. The highest BCUT2D eigenvalue weighted by Gasteiger charge is 2.27. The van der Waals surface area contributed by atoms with Crippen molar-refractivity contribution in [1.82, 2.24) is 5.32 Å².